The normalized spacial score (nSPS) is 12.1. The van der Waals surface area contributed by atoms with Gasteiger partial charge in [0.15, 0.2) is 0 Å². The number of benzene rings is 1. The van der Waals surface area contributed by atoms with Crippen molar-refractivity contribution in [2.45, 2.75) is 26.3 Å². The fourth-order valence-electron chi connectivity index (χ4n) is 2.01. The molecule has 0 saturated heterocycles. The Morgan fingerprint density at radius 3 is 2.35 bits per heavy atom. The molecule has 17 heavy (non-hydrogen) atoms. The molecule has 0 saturated carbocycles. The van der Waals surface area contributed by atoms with E-state index in [9.17, 15) is 4.79 Å². The van der Waals surface area contributed by atoms with E-state index in [0.717, 1.165) is 22.4 Å². The third kappa shape index (κ3) is 3.20. The molecule has 1 atom stereocenters. The van der Waals surface area contributed by atoms with Gasteiger partial charge in [-0.05, 0) is 37.0 Å². The summed E-state index contributed by atoms with van der Waals surface area (Å²) in [5.41, 5.74) is 8.96. The molecule has 0 spiro atoms. The summed E-state index contributed by atoms with van der Waals surface area (Å²) in [5.74, 6) is 0.749. The number of rotatable bonds is 4. The molecule has 0 aromatic heterocycles. The molecule has 0 aliphatic rings. The summed E-state index contributed by atoms with van der Waals surface area (Å²) in [6.07, 6.45) is 0.533. The molecule has 4 heteroatoms. The number of nitrogens with one attached hydrogen (secondary N) is 1. The van der Waals surface area contributed by atoms with Crippen LogP contribution in [0.5, 0.6) is 5.75 Å². The number of aryl methyl sites for hydroxylation is 2. The zero-order valence-electron chi connectivity index (χ0n) is 10.8. The van der Waals surface area contributed by atoms with Crippen molar-refractivity contribution in [1.82, 2.24) is 5.32 Å². The lowest BCUT2D eigenvalue weighted by Gasteiger charge is -2.14. The van der Waals surface area contributed by atoms with E-state index in [4.69, 9.17) is 10.5 Å². The first-order valence-electron chi connectivity index (χ1n) is 5.61. The van der Waals surface area contributed by atoms with E-state index in [1.807, 2.05) is 26.0 Å². The number of nitrogens with two attached hydrogens (primary N) is 1. The third-order valence-electron chi connectivity index (χ3n) is 2.76. The summed E-state index contributed by atoms with van der Waals surface area (Å²) in [6, 6.07) is 3.51. The van der Waals surface area contributed by atoms with Gasteiger partial charge in [0.2, 0.25) is 5.91 Å². The number of amides is 1. The SMILES string of the molecule is CNC(=O)C(N)Cc1cc(C)c(OC)c(C)c1. The van der Waals surface area contributed by atoms with Crippen LogP contribution in [0.3, 0.4) is 0 Å². The molecule has 0 aliphatic heterocycles. The predicted molar refractivity (Wildman–Crippen MR) is 68.2 cm³/mol. The van der Waals surface area contributed by atoms with Crippen molar-refractivity contribution in [1.29, 1.82) is 0 Å². The number of hydrogen-bond donors (Lipinski definition) is 2. The molecular weight excluding hydrogens is 216 g/mol. The molecule has 3 N–H and O–H groups in total. The highest BCUT2D eigenvalue weighted by molar-refractivity contribution is 5.81. The average molecular weight is 236 g/mol. The minimum atomic E-state index is -0.507. The molecular formula is C13H20N2O2. The van der Waals surface area contributed by atoms with Crippen molar-refractivity contribution >= 4 is 5.91 Å². The fourth-order valence-corrected chi connectivity index (χ4v) is 2.01. The average Bonchev–Trinajstić information content (AvgIpc) is 2.27. The predicted octanol–water partition coefficient (Wildman–Crippen LogP) is 0.928. The van der Waals surface area contributed by atoms with Crippen LogP contribution in [-0.2, 0) is 11.2 Å². The minimum Gasteiger partial charge on any atom is -0.496 e. The largest absolute Gasteiger partial charge is 0.496 e. The highest BCUT2D eigenvalue weighted by atomic mass is 16.5. The van der Waals surface area contributed by atoms with Gasteiger partial charge in [-0.3, -0.25) is 4.79 Å². The molecule has 1 aromatic carbocycles. The molecule has 1 rings (SSSR count). The smallest absolute Gasteiger partial charge is 0.237 e. The molecule has 1 unspecified atom stereocenters. The second-order valence-corrected chi connectivity index (χ2v) is 4.19. The van der Waals surface area contributed by atoms with Crippen molar-refractivity contribution < 1.29 is 9.53 Å². The van der Waals surface area contributed by atoms with Gasteiger partial charge in [-0.15, -0.1) is 0 Å². The maximum atomic E-state index is 11.3. The van der Waals surface area contributed by atoms with Gasteiger partial charge in [0.1, 0.15) is 5.75 Å². The standard InChI is InChI=1S/C13H20N2O2/c1-8-5-10(6-9(2)12(8)17-4)7-11(14)13(16)15-3/h5-6,11H,7,14H2,1-4H3,(H,15,16). The first-order valence-corrected chi connectivity index (χ1v) is 5.61. The Bertz CT molecular complexity index is 393. The number of carbonyl (C=O) groups is 1. The number of hydrogen-bond acceptors (Lipinski definition) is 3. The van der Waals surface area contributed by atoms with E-state index in [1.54, 1.807) is 14.2 Å². The Morgan fingerprint density at radius 1 is 1.41 bits per heavy atom. The van der Waals surface area contributed by atoms with Crippen molar-refractivity contribution in [2.75, 3.05) is 14.2 Å². The Hall–Kier alpha value is -1.55. The topological polar surface area (TPSA) is 64.4 Å². The second-order valence-electron chi connectivity index (χ2n) is 4.19. The van der Waals surface area contributed by atoms with Crippen LogP contribution in [-0.4, -0.2) is 26.1 Å². The van der Waals surface area contributed by atoms with Crippen molar-refractivity contribution in [2.24, 2.45) is 5.73 Å². The Labute approximate surface area is 102 Å². The zero-order valence-corrected chi connectivity index (χ0v) is 10.8. The van der Waals surface area contributed by atoms with Crippen LogP contribution in [0.1, 0.15) is 16.7 Å². The van der Waals surface area contributed by atoms with Gasteiger partial charge in [-0.1, -0.05) is 12.1 Å². The van der Waals surface area contributed by atoms with Gasteiger partial charge in [0.25, 0.3) is 0 Å². The number of likely N-dealkylation sites (N-methyl/N-ethyl adjacent to an activating group) is 1. The zero-order chi connectivity index (χ0) is 13.0. The lowest BCUT2D eigenvalue weighted by Crippen LogP contribution is -2.40. The van der Waals surface area contributed by atoms with E-state index in [1.165, 1.54) is 0 Å². The van der Waals surface area contributed by atoms with Crippen LogP contribution < -0.4 is 15.8 Å². The first-order chi connectivity index (χ1) is 7.99. The molecule has 1 aromatic rings. The van der Waals surface area contributed by atoms with Crippen LogP contribution >= 0.6 is 0 Å². The number of ether oxygens (including phenoxy) is 1. The fraction of sp³-hybridized carbons (Fsp3) is 0.462. The molecule has 0 heterocycles. The van der Waals surface area contributed by atoms with Gasteiger partial charge in [0, 0.05) is 7.05 Å². The molecule has 1 amide bonds. The summed E-state index contributed by atoms with van der Waals surface area (Å²) < 4.78 is 5.29. The van der Waals surface area contributed by atoms with Crippen LogP contribution in [0.15, 0.2) is 12.1 Å². The molecule has 0 radical (unpaired) electrons. The molecule has 4 nitrogen and oxygen atoms in total. The molecule has 0 aliphatic carbocycles. The van der Waals surface area contributed by atoms with Gasteiger partial charge in [0.05, 0.1) is 13.2 Å². The summed E-state index contributed by atoms with van der Waals surface area (Å²) in [7, 11) is 3.25. The van der Waals surface area contributed by atoms with E-state index in [-0.39, 0.29) is 5.91 Å². The van der Waals surface area contributed by atoms with Crippen molar-refractivity contribution in [3.63, 3.8) is 0 Å². The van der Waals surface area contributed by atoms with Crippen LogP contribution in [0.4, 0.5) is 0 Å². The summed E-state index contributed by atoms with van der Waals surface area (Å²) in [4.78, 5) is 11.3. The summed E-state index contributed by atoms with van der Waals surface area (Å²) >= 11 is 0. The maximum absolute atomic E-state index is 11.3. The third-order valence-corrected chi connectivity index (χ3v) is 2.76. The molecule has 0 bridgehead atoms. The van der Waals surface area contributed by atoms with Crippen LogP contribution in [0.2, 0.25) is 0 Å². The molecule has 94 valence electrons. The number of carbonyl (C=O) groups excluding carboxylic acids is 1. The van der Waals surface area contributed by atoms with E-state index < -0.39 is 6.04 Å². The van der Waals surface area contributed by atoms with Crippen LogP contribution in [0.25, 0.3) is 0 Å². The summed E-state index contributed by atoms with van der Waals surface area (Å²) in [5, 5.41) is 2.55. The maximum Gasteiger partial charge on any atom is 0.237 e. The van der Waals surface area contributed by atoms with E-state index in [2.05, 4.69) is 5.32 Å². The quantitative estimate of drug-likeness (QED) is 0.817. The lowest BCUT2D eigenvalue weighted by molar-refractivity contribution is -0.121. The molecule has 0 fully saturated rings. The van der Waals surface area contributed by atoms with E-state index >= 15 is 0 Å². The Balaban J connectivity index is 2.90. The monoisotopic (exact) mass is 236 g/mol. The van der Waals surface area contributed by atoms with Crippen molar-refractivity contribution in [3.8, 4) is 5.75 Å². The van der Waals surface area contributed by atoms with Gasteiger partial charge < -0.3 is 15.8 Å². The summed E-state index contributed by atoms with van der Waals surface area (Å²) in [6.45, 7) is 3.97. The lowest BCUT2D eigenvalue weighted by atomic mass is 10.00. The highest BCUT2D eigenvalue weighted by Crippen LogP contribution is 2.24. The van der Waals surface area contributed by atoms with Crippen molar-refractivity contribution in [3.05, 3.63) is 28.8 Å². The second kappa shape index (κ2) is 5.68. The van der Waals surface area contributed by atoms with Gasteiger partial charge in [-0.2, -0.15) is 0 Å². The minimum absolute atomic E-state index is 0.142. The highest BCUT2D eigenvalue weighted by Gasteiger charge is 2.13. The van der Waals surface area contributed by atoms with Gasteiger partial charge in [-0.25, -0.2) is 0 Å². The first kappa shape index (κ1) is 13.5. The Morgan fingerprint density at radius 2 is 1.94 bits per heavy atom. The van der Waals surface area contributed by atoms with E-state index in [0.29, 0.717) is 6.42 Å². The van der Waals surface area contributed by atoms with Crippen LogP contribution in [0, 0.1) is 13.8 Å². The number of methoxy groups -OCH3 is 1. The Kier molecular flexibility index (Phi) is 4.52. The van der Waals surface area contributed by atoms with Gasteiger partial charge >= 0.3 is 0 Å².